The molecule has 1 aliphatic heterocycles. The molecule has 1 N–H and O–H groups in total. The van der Waals surface area contributed by atoms with E-state index in [0.717, 1.165) is 37.7 Å². The van der Waals surface area contributed by atoms with Crippen LogP contribution in [0.1, 0.15) is 57.5 Å². The summed E-state index contributed by atoms with van der Waals surface area (Å²) < 4.78 is 28.4. The number of amides is 1. The van der Waals surface area contributed by atoms with Crippen molar-refractivity contribution < 1.29 is 13.2 Å². The second kappa shape index (κ2) is 9.32. The number of carbonyl (C=O) groups is 1. The predicted octanol–water partition coefficient (Wildman–Crippen LogP) is 4.24. The van der Waals surface area contributed by atoms with E-state index in [1.807, 2.05) is 42.5 Å². The summed E-state index contributed by atoms with van der Waals surface area (Å²) in [5.74, 6) is -0.374. The number of hydrogen-bond acceptors (Lipinski definition) is 6. The molecule has 2 aliphatic rings. The zero-order chi connectivity index (χ0) is 22.8. The van der Waals surface area contributed by atoms with Gasteiger partial charge in [-0.15, -0.1) is 10.2 Å². The Labute approximate surface area is 197 Å². The van der Waals surface area contributed by atoms with Gasteiger partial charge < -0.3 is 5.32 Å². The number of benzene rings is 2. The van der Waals surface area contributed by atoms with Crippen LogP contribution in [0.15, 0.2) is 53.4 Å². The van der Waals surface area contributed by atoms with Crippen LogP contribution in [0, 0.1) is 0 Å². The topological polar surface area (TPSA) is 92.3 Å². The van der Waals surface area contributed by atoms with Crippen LogP contribution in [0.25, 0.3) is 0 Å². The SMILES string of the molecule is O=C(Nc1ccccc1)c1nnc([C@@H]2CCCN(S(=O)(=O)c3ccc4c(c3)CCCC4)C2)s1. The number of carbonyl (C=O) groups excluding carboxylic acids is 1. The normalized spacial score (nSPS) is 19.1. The van der Waals surface area contributed by atoms with Crippen LogP contribution in [0.4, 0.5) is 5.69 Å². The Morgan fingerprint density at radius 3 is 2.61 bits per heavy atom. The minimum Gasteiger partial charge on any atom is -0.320 e. The van der Waals surface area contributed by atoms with Crippen molar-refractivity contribution in [3.63, 3.8) is 0 Å². The van der Waals surface area contributed by atoms with E-state index in [9.17, 15) is 13.2 Å². The maximum absolute atomic E-state index is 13.4. The molecule has 2 aromatic carbocycles. The van der Waals surface area contributed by atoms with Crippen molar-refractivity contribution in [3.05, 3.63) is 69.7 Å². The molecule has 0 radical (unpaired) electrons. The summed E-state index contributed by atoms with van der Waals surface area (Å²) in [6.45, 7) is 0.852. The van der Waals surface area contributed by atoms with Crippen molar-refractivity contribution in [2.45, 2.75) is 49.3 Å². The first-order valence-corrected chi connectivity index (χ1v) is 13.6. The smallest absolute Gasteiger partial charge is 0.286 e. The Hall–Kier alpha value is -2.62. The summed E-state index contributed by atoms with van der Waals surface area (Å²) >= 11 is 1.24. The Balaban J connectivity index is 1.30. The molecule has 0 bridgehead atoms. The Morgan fingerprint density at radius 1 is 1.00 bits per heavy atom. The summed E-state index contributed by atoms with van der Waals surface area (Å²) in [5, 5.41) is 12.1. The Morgan fingerprint density at radius 2 is 1.79 bits per heavy atom. The van der Waals surface area contributed by atoms with Crippen LogP contribution in [-0.4, -0.2) is 41.9 Å². The molecule has 3 aromatic rings. The van der Waals surface area contributed by atoms with Gasteiger partial charge in [0.1, 0.15) is 5.01 Å². The van der Waals surface area contributed by atoms with E-state index in [2.05, 4.69) is 15.5 Å². The molecule has 1 fully saturated rings. The maximum atomic E-state index is 13.4. The van der Waals surface area contributed by atoms with Crippen molar-refractivity contribution in [2.24, 2.45) is 0 Å². The summed E-state index contributed by atoms with van der Waals surface area (Å²) in [6.07, 6.45) is 5.82. The van der Waals surface area contributed by atoms with Crippen LogP contribution in [0.3, 0.4) is 0 Å². The Kier molecular flexibility index (Phi) is 6.27. The second-order valence-corrected chi connectivity index (χ2v) is 11.6. The fourth-order valence-corrected chi connectivity index (χ4v) is 7.02. The van der Waals surface area contributed by atoms with Crippen LogP contribution < -0.4 is 5.32 Å². The Bertz CT molecular complexity index is 1260. The molecule has 5 rings (SSSR count). The minimum atomic E-state index is -3.58. The lowest BCUT2D eigenvalue weighted by molar-refractivity contribution is 0.102. The van der Waals surface area contributed by atoms with Gasteiger partial charge >= 0.3 is 0 Å². The molecule has 172 valence electrons. The third kappa shape index (κ3) is 4.71. The molecule has 1 amide bonds. The average molecular weight is 483 g/mol. The number of rotatable bonds is 5. The average Bonchev–Trinajstić information content (AvgIpc) is 3.35. The molecule has 2 heterocycles. The molecule has 1 saturated heterocycles. The first-order chi connectivity index (χ1) is 16.0. The number of nitrogens with zero attached hydrogens (tertiary/aromatic N) is 3. The van der Waals surface area contributed by atoms with Gasteiger partial charge in [-0.2, -0.15) is 4.31 Å². The van der Waals surface area contributed by atoms with Crippen LogP contribution in [-0.2, 0) is 22.9 Å². The van der Waals surface area contributed by atoms with Gasteiger partial charge in [-0.25, -0.2) is 8.42 Å². The highest BCUT2D eigenvalue weighted by Gasteiger charge is 2.33. The lowest BCUT2D eigenvalue weighted by Gasteiger charge is -2.31. The van der Waals surface area contributed by atoms with Gasteiger partial charge in [0.05, 0.1) is 4.90 Å². The lowest BCUT2D eigenvalue weighted by Crippen LogP contribution is -2.39. The number of nitrogens with one attached hydrogen (secondary N) is 1. The summed E-state index contributed by atoms with van der Waals surface area (Å²) in [6, 6.07) is 14.8. The predicted molar refractivity (Wildman–Crippen MR) is 128 cm³/mol. The molecule has 1 aromatic heterocycles. The lowest BCUT2D eigenvalue weighted by atomic mass is 9.92. The molecule has 9 heteroatoms. The van der Waals surface area contributed by atoms with Crippen LogP contribution in [0.5, 0.6) is 0 Å². The third-order valence-electron chi connectivity index (χ3n) is 6.36. The van der Waals surface area contributed by atoms with Gasteiger partial charge in [-0.3, -0.25) is 4.79 Å². The first kappa shape index (κ1) is 22.2. The molecule has 0 spiro atoms. The first-order valence-electron chi connectivity index (χ1n) is 11.3. The zero-order valence-corrected chi connectivity index (χ0v) is 19.9. The zero-order valence-electron chi connectivity index (χ0n) is 18.2. The second-order valence-electron chi connectivity index (χ2n) is 8.61. The number of piperidine rings is 1. The van der Waals surface area contributed by atoms with E-state index in [1.165, 1.54) is 23.3 Å². The van der Waals surface area contributed by atoms with E-state index in [1.54, 1.807) is 10.4 Å². The minimum absolute atomic E-state index is 0.0677. The van der Waals surface area contributed by atoms with Gasteiger partial charge in [-0.1, -0.05) is 35.6 Å². The highest BCUT2D eigenvalue weighted by Crippen LogP contribution is 2.33. The standard InChI is InChI=1S/C24H26N4O3S2/c29-22(25-20-10-2-1-3-11-20)24-27-26-23(32-24)19-9-6-14-28(16-19)33(30,31)21-13-12-17-7-4-5-8-18(17)15-21/h1-3,10-13,15,19H,4-9,14,16H2,(H,25,29)/t19-/m1/s1. The van der Waals surface area contributed by atoms with Gasteiger partial charge in [0, 0.05) is 24.7 Å². The summed E-state index contributed by atoms with van der Waals surface area (Å²) in [7, 11) is -3.58. The monoisotopic (exact) mass is 482 g/mol. The molecule has 1 aliphatic carbocycles. The fourth-order valence-electron chi connectivity index (χ4n) is 4.58. The number of anilines is 1. The van der Waals surface area contributed by atoms with Crippen LogP contribution >= 0.6 is 11.3 Å². The number of sulfonamides is 1. The van der Waals surface area contributed by atoms with Gasteiger partial charge in [-0.05, 0) is 73.9 Å². The van der Waals surface area contributed by atoms with Crippen molar-refractivity contribution in [1.82, 2.24) is 14.5 Å². The third-order valence-corrected chi connectivity index (χ3v) is 9.30. The van der Waals surface area contributed by atoms with E-state index >= 15 is 0 Å². The number of hydrogen-bond donors (Lipinski definition) is 1. The number of aromatic nitrogens is 2. The van der Waals surface area contributed by atoms with E-state index in [-0.39, 0.29) is 16.8 Å². The molecule has 7 nitrogen and oxygen atoms in total. The highest BCUT2D eigenvalue weighted by molar-refractivity contribution is 7.89. The fraction of sp³-hybridized carbons (Fsp3) is 0.375. The van der Waals surface area contributed by atoms with Gasteiger partial charge in [0.25, 0.3) is 5.91 Å². The molecule has 33 heavy (non-hydrogen) atoms. The molecular formula is C24H26N4O3S2. The molecule has 0 unspecified atom stereocenters. The number of aryl methyl sites for hydroxylation is 2. The molecule has 0 saturated carbocycles. The number of para-hydroxylation sites is 1. The van der Waals surface area contributed by atoms with E-state index in [0.29, 0.717) is 28.7 Å². The largest absolute Gasteiger partial charge is 0.320 e. The summed E-state index contributed by atoms with van der Waals surface area (Å²) in [4.78, 5) is 12.9. The molecular weight excluding hydrogens is 456 g/mol. The maximum Gasteiger partial charge on any atom is 0.286 e. The van der Waals surface area contributed by atoms with Crippen molar-refractivity contribution >= 4 is 33.0 Å². The van der Waals surface area contributed by atoms with E-state index < -0.39 is 10.0 Å². The van der Waals surface area contributed by atoms with Gasteiger partial charge in [0.15, 0.2) is 0 Å². The number of fused-ring (bicyclic) bond motifs is 1. The van der Waals surface area contributed by atoms with Crippen molar-refractivity contribution in [3.8, 4) is 0 Å². The van der Waals surface area contributed by atoms with Crippen molar-refractivity contribution in [2.75, 3.05) is 18.4 Å². The van der Waals surface area contributed by atoms with Crippen LogP contribution in [0.2, 0.25) is 0 Å². The van der Waals surface area contributed by atoms with Crippen molar-refractivity contribution in [1.29, 1.82) is 0 Å². The molecule has 1 atom stereocenters. The van der Waals surface area contributed by atoms with E-state index in [4.69, 9.17) is 0 Å². The summed E-state index contributed by atoms with van der Waals surface area (Å²) in [5.41, 5.74) is 3.13. The quantitative estimate of drug-likeness (QED) is 0.587. The van der Waals surface area contributed by atoms with Gasteiger partial charge in [0.2, 0.25) is 15.0 Å². The highest BCUT2D eigenvalue weighted by atomic mass is 32.2.